The topological polar surface area (TPSA) is 275 Å². The van der Waals surface area contributed by atoms with Crippen LogP contribution in [-0.4, -0.2) is 120 Å². The van der Waals surface area contributed by atoms with Gasteiger partial charge in [-0.2, -0.15) is 0 Å². The van der Waals surface area contributed by atoms with Gasteiger partial charge in [0.1, 0.15) is 17.3 Å². The van der Waals surface area contributed by atoms with Crippen molar-refractivity contribution in [3.8, 4) is 11.1 Å². The van der Waals surface area contributed by atoms with Gasteiger partial charge in [-0.05, 0) is 85.4 Å². The van der Waals surface area contributed by atoms with E-state index in [1.165, 1.54) is 15.5 Å². The number of aromatic nitrogens is 2. The molecule has 2 fully saturated rings. The number of fused-ring (bicyclic) bond motifs is 2. The van der Waals surface area contributed by atoms with Crippen LogP contribution in [0.3, 0.4) is 0 Å². The second-order valence-electron chi connectivity index (χ2n) is 18.3. The number of nitrogens with zero attached hydrogens (tertiary/aromatic N) is 3. The minimum atomic E-state index is -3.67. The number of hydrogen-bond acceptors (Lipinski definition) is 12. The lowest BCUT2D eigenvalue weighted by Crippen LogP contribution is -2.52. The minimum Gasteiger partial charge on any atom is -0.384 e. The van der Waals surface area contributed by atoms with Crippen LogP contribution in [0.15, 0.2) is 59.5 Å². The van der Waals surface area contributed by atoms with Crippen LogP contribution in [0, 0.1) is 5.92 Å². The molecule has 5 heterocycles. The van der Waals surface area contributed by atoms with E-state index in [0.717, 1.165) is 60.1 Å². The summed E-state index contributed by atoms with van der Waals surface area (Å²) < 4.78 is 27.1. The lowest BCUT2D eigenvalue weighted by molar-refractivity contribution is -0.138. The Balaban J connectivity index is 0.936. The standard InChI is InChI=1S/C49H55N9O11S/c1-56-25-36(34-23-38(54-44(34)49(56)67)46(64)52-19-18-50-40(59)16-20-57-42(61)14-15-43(57)62)33-21-30(27-70(2,68)69)32(22-37(33)53-24-28-10-11-28)45(63)51-17-5-3-4-7-29-8-6-9-31-35(29)26-58(48(31)66)39-12-13-41(60)55-47(39)65/h6,8-9,14-15,21-23,25,28,39,53-54H,3-5,7,10-13,16-20,24,26-27H2,1-2H3,(H,50,59)(H,51,63)(H,52,64)(H,55,60,65). The van der Waals surface area contributed by atoms with E-state index in [-0.39, 0.29) is 79.6 Å². The Labute approximate surface area is 402 Å². The summed E-state index contributed by atoms with van der Waals surface area (Å²) in [5.74, 6) is -3.49. The molecule has 368 valence electrons. The van der Waals surface area contributed by atoms with E-state index in [2.05, 4.69) is 31.6 Å². The van der Waals surface area contributed by atoms with Crippen LogP contribution in [-0.2, 0) is 59.6 Å². The number of H-pyrrole nitrogens is 1. The van der Waals surface area contributed by atoms with Gasteiger partial charge in [0, 0.05) is 117 Å². The number of aryl methyl sites for hydroxylation is 2. The maximum Gasteiger partial charge on any atom is 0.274 e. The molecular weight excluding hydrogens is 923 g/mol. The minimum absolute atomic E-state index is 0.0225. The van der Waals surface area contributed by atoms with Crippen molar-refractivity contribution in [2.45, 2.75) is 76.1 Å². The number of rotatable bonds is 21. The lowest BCUT2D eigenvalue weighted by atomic mass is 9.95. The highest BCUT2D eigenvalue weighted by atomic mass is 32.2. The third-order valence-electron chi connectivity index (χ3n) is 13.0. The number of amides is 8. The first-order valence-corrected chi connectivity index (χ1v) is 25.4. The van der Waals surface area contributed by atoms with E-state index in [1.54, 1.807) is 31.4 Å². The molecule has 8 amide bonds. The largest absolute Gasteiger partial charge is 0.384 e. The highest BCUT2D eigenvalue weighted by Crippen LogP contribution is 2.38. The number of piperidine rings is 1. The number of imide groups is 2. The average molecular weight is 978 g/mol. The molecular formula is C49H55N9O11S. The molecule has 2 aromatic carbocycles. The molecule has 1 unspecified atom stereocenters. The quantitative estimate of drug-likeness (QED) is 0.0517. The summed E-state index contributed by atoms with van der Waals surface area (Å²) in [5, 5.41) is 14.5. The number of hydrogen-bond donors (Lipinski definition) is 6. The zero-order valence-electron chi connectivity index (χ0n) is 38.9. The van der Waals surface area contributed by atoms with Gasteiger partial charge in [0.2, 0.25) is 17.7 Å². The molecule has 70 heavy (non-hydrogen) atoms. The van der Waals surface area contributed by atoms with Crippen LogP contribution in [0.4, 0.5) is 5.69 Å². The van der Waals surface area contributed by atoms with Gasteiger partial charge in [0.15, 0.2) is 9.84 Å². The van der Waals surface area contributed by atoms with Gasteiger partial charge in [-0.1, -0.05) is 18.6 Å². The fraction of sp³-hybridized carbons (Fsp3) is 0.408. The van der Waals surface area contributed by atoms with E-state index >= 15 is 0 Å². The third kappa shape index (κ3) is 11.2. The summed E-state index contributed by atoms with van der Waals surface area (Å²) in [7, 11) is -2.11. The summed E-state index contributed by atoms with van der Waals surface area (Å²) in [6, 6.07) is 9.67. The van der Waals surface area contributed by atoms with E-state index < -0.39 is 62.6 Å². The monoisotopic (exact) mass is 977 g/mol. The van der Waals surface area contributed by atoms with E-state index in [1.807, 2.05) is 12.1 Å². The van der Waals surface area contributed by atoms with Crippen molar-refractivity contribution in [1.29, 1.82) is 0 Å². The first-order valence-electron chi connectivity index (χ1n) is 23.4. The third-order valence-corrected chi connectivity index (χ3v) is 13.8. The maximum atomic E-state index is 14.0. The van der Waals surface area contributed by atoms with Gasteiger partial charge < -0.3 is 35.7 Å². The van der Waals surface area contributed by atoms with Crippen molar-refractivity contribution in [3.63, 3.8) is 0 Å². The van der Waals surface area contributed by atoms with E-state index in [4.69, 9.17) is 0 Å². The predicted molar refractivity (Wildman–Crippen MR) is 257 cm³/mol. The van der Waals surface area contributed by atoms with Gasteiger partial charge >= 0.3 is 0 Å². The molecule has 1 saturated heterocycles. The van der Waals surface area contributed by atoms with E-state index in [0.29, 0.717) is 59.6 Å². The smallest absolute Gasteiger partial charge is 0.274 e. The summed E-state index contributed by atoms with van der Waals surface area (Å²) in [5.41, 5.74) is 4.18. The molecule has 3 aliphatic heterocycles. The van der Waals surface area contributed by atoms with Crippen LogP contribution in [0.1, 0.15) is 99.3 Å². The van der Waals surface area contributed by atoms with Crippen LogP contribution in [0.5, 0.6) is 0 Å². The van der Waals surface area contributed by atoms with Gasteiger partial charge in [-0.15, -0.1) is 0 Å². The zero-order valence-corrected chi connectivity index (χ0v) is 39.7. The van der Waals surface area contributed by atoms with Gasteiger partial charge in [0.05, 0.1) is 5.75 Å². The Hall–Kier alpha value is -7.42. The highest BCUT2D eigenvalue weighted by Gasteiger charge is 2.40. The number of carbonyl (C=O) groups excluding carboxylic acids is 8. The molecule has 0 spiro atoms. The van der Waals surface area contributed by atoms with Crippen LogP contribution in [0.2, 0.25) is 0 Å². The number of benzene rings is 2. The number of sulfone groups is 1. The van der Waals surface area contributed by atoms with Crippen LogP contribution in [0.25, 0.3) is 22.0 Å². The second-order valence-corrected chi connectivity index (χ2v) is 20.4. The number of anilines is 1. The molecule has 8 rings (SSSR count). The predicted octanol–water partition coefficient (Wildman–Crippen LogP) is 1.97. The molecule has 20 nitrogen and oxygen atoms in total. The molecule has 4 aliphatic rings. The summed E-state index contributed by atoms with van der Waals surface area (Å²) in [6.45, 7) is 1.17. The summed E-state index contributed by atoms with van der Waals surface area (Å²) in [4.78, 5) is 120. The molecule has 0 radical (unpaired) electrons. The SMILES string of the molecule is Cn1cc(-c2cc(CS(C)(=O)=O)c(C(=O)NCCCCCc3cccc4c3CN(C3CCC(=O)NC3=O)C4=O)cc2NCC2CC2)c2cc(C(=O)NCCNC(=O)CCN3C(=O)C=CC3=O)[nH]c2c1=O. The molecule has 1 aliphatic carbocycles. The Kier molecular flexibility index (Phi) is 14.5. The van der Waals surface area contributed by atoms with Gasteiger partial charge in [-0.25, -0.2) is 8.42 Å². The molecule has 2 aromatic heterocycles. The summed E-state index contributed by atoms with van der Waals surface area (Å²) in [6.07, 6.45) is 10.1. The number of unbranched alkanes of at least 4 members (excludes halogenated alkanes) is 2. The highest BCUT2D eigenvalue weighted by molar-refractivity contribution is 7.89. The number of pyridine rings is 1. The first-order chi connectivity index (χ1) is 33.4. The van der Waals surface area contributed by atoms with Crippen molar-refractivity contribution in [3.05, 3.63) is 98.6 Å². The molecule has 0 bridgehead atoms. The maximum absolute atomic E-state index is 14.0. The average Bonchev–Trinajstić information content (AvgIpc) is 3.81. The van der Waals surface area contributed by atoms with E-state index in [9.17, 15) is 51.6 Å². The van der Waals surface area contributed by atoms with Crippen molar-refractivity contribution in [2.75, 3.05) is 44.3 Å². The number of nitrogens with one attached hydrogen (secondary N) is 6. The molecule has 1 atom stereocenters. The lowest BCUT2D eigenvalue weighted by Gasteiger charge is -2.29. The van der Waals surface area contributed by atoms with Crippen molar-refractivity contribution < 1.29 is 46.8 Å². The Bertz CT molecular complexity index is 3030. The van der Waals surface area contributed by atoms with Crippen molar-refractivity contribution >= 4 is 73.7 Å². The molecule has 6 N–H and O–H groups in total. The molecule has 21 heteroatoms. The second kappa shape index (κ2) is 20.7. The molecule has 4 aromatic rings. The number of carbonyl (C=O) groups is 8. The van der Waals surface area contributed by atoms with Gasteiger partial charge in [0.25, 0.3) is 35.1 Å². The van der Waals surface area contributed by atoms with Crippen LogP contribution >= 0.6 is 0 Å². The Morgan fingerprint density at radius 1 is 0.814 bits per heavy atom. The summed E-state index contributed by atoms with van der Waals surface area (Å²) >= 11 is 0. The van der Waals surface area contributed by atoms with Crippen LogP contribution < -0.4 is 32.1 Å². The zero-order chi connectivity index (χ0) is 49.9. The normalized spacial score (nSPS) is 16.8. The first kappa shape index (κ1) is 49.0. The molecule has 1 saturated carbocycles. The fourth-order valence-electron chi connectivity index (χ4n) is 9.10. The fourth-order valence-corrected chi connectivity index (χ4v) is 9.90. The van der Waals surface area contributed by atoms with Crippen molar-refractivity contribution in [1.82, 2.24) is 40.6 Å². The Morgan fingerprint density at radius 2 is 1.56 bits per heavy atom. The Morgan fingerprint density at radius 3 is 2.29 bits per heavy atom. The van der Waals surface area contributed by atoms with Gasteiger partial charge in [-0.3, -0.25) is 53.4 Å². The van der Waals surface area contributed by atoms with Crippen molar-refractivity contribution in [2.24, 2.45) is 13.0 Å². The number of aromatic amines is 1.